The molecule has 4 aromatic rings. The molecule has 0 unspecified atom stereocenters. The molecule has 6 nitrogen and oxygen atoms in total. The summed E-state index contributed by atoms with van der Waals surface area (Å²) < 4.78 is 4.20. The molecule has 2 heterocycles. The summed E-state index contributed by atoms with van der Waals surface area (Å²) in [6, 6.07) is 32.7. The fourth-order valence-corrected chi connectivity index (χ4v) is 3.01. The number of benzene rings is 2. The van der Waals surface area contributed by atoms with Crippen LogP contribution in [0.2, 0.25) is 0 Å². The zero-order valence-corrected chi connectivity index (χ0v) is 23.7. The summed E-state index contributed by atoms with van der Waals surface area (Å²) in [5.74, 6) is 1.63. The first-order valence-electron chi connectivity index (χ1n) is 10.1. The van der Waals surface area contributed by atoms with Crippen molar-refractivity contribution in [3.8, 4) is 0 Å². The second kappa shape index (κ2) is 14.5. The van der Waals surface area contributed by atoms with Crippen LogP contribution in [0.5, 0.6) is 0 Å². The molecule has 0 aliphatic rings. The number of nitrogens with zero attached hydrogens (tertiary/aromatic N) is 6. The van der Waals surface area contributed by atoms with E-state index in [1.54, 1.807) is 0 Å². The Balaban J connectivity index is 0.00000193. The number of pyridine rings is 2. The number of hydrogen-bond donors (Lipinski definition) is 0. The van der Waals surface area contributed by atoms with Crippen LogP contribution < -0.4 is 9.13 Å². The maximum atomic E-state index is 4.41. The number of hydrogen-bond acceptors (Lipinski definition) is 4. The van der Waals surface area contributed by atoms with Gasteiger partial charge in [-0.1, -0.05) is 22.4 Å². The summed E-state index contributed by atoms with van der Waals surface area (Å²) >= 11 is 0. The van der Waals surface area contributed by atoms with Gasteiger partial charge in [-0.25, -0.2) is 9.13 Å². The van der Waals surface area contributed by atoms with Crippen molar-refractivity contribution in [1.29, 1.82) is 0 Å². The molecule has 0 amide bonds. The van der Waals surface area contributed by atoms with Gasteiger partial charge in [0, 0.05) is 72.1 Å². The van der Waals surface area contributed by atoms with Crippen LogP contribution in [-0.2, 0) is 55.2 Å². The molecule has 0 fully saturated rings. The quantitative estimate of drug-likeness (QED) is 0.124. The Bertz CT molecular complexity index is 1070. The van der Waals surface area contributed by atoms with Crippen LogP contribution in [0, 0.1) is 12.1 Å². The number of aryl methyl sites for hydroxylation is 2. The zero-order valence-electron chi connectivity index (χ0n) is 17.9. The Labute approximate surface area is 222 Å². The van der Waals surface area contributed by atoms with E-state index in [0.29, 0.717) is 0 Å². The second-order valence-corrected chi connectivity index (χ2v) is 6.77. The van der Waals surface area contributed by atoms with Gasteiger partial charge >= 0.3 is 11.6 Å². The maximum absolute atomic E-state index is 4.41. The van der Waals surface area contributed by atoms with E-state index < -0.39 is 0 Å². The van der Waals surface area contributed by atoms with E-state index in [1.807, 2.05) is 97.3 Å². The van der Waals surface area contributed by atoms with Crippen molar-refractivity contribution in [3.63, 3.8) is 0 Å². The minimum absolute atomic E-state index is 0. The number of aromatic nitrogens is 2. The molecule has 0 spiro atoms. The molecule has 33 heavy (non-hydrogen) atoms. The molecule has 0 saturated heterocycles. The maximum Gasteiger partial charge on any atom is 0.350 e. The fraction of sp³-hybridized carbons (Fsp3) is 0.120. The van der Waals surface area contributed by atoms with Gasteiger partial charge in [0.25, 0.3) is 0 Å². The molecule has 4 rings (SSSR count). The van der Waals surface area contributed by atoms with E-state index in [4.69, 9.17) is 0 Å². The van der Waals surface area contributed by atoms with Crippen molar-refractivity contribution >= 4 is 23.0 Å². The van der Waals surface area contributed by atoms with E-state index >= 15 is 0 Å². The third-order valence-corrected chi connectivity index (χ3v) is 4.57. The molecule has 0 aliphatic heterocycles. The molecule has 0 bridgehead atoms. The molecular weight excluding hydrogens is 752 g/mol. The smallest absolute Gasteiger partial charge is 0.229 e. The topological polar surface area (TPSA) is 57.2 Å². The first kappa shape index (κ1) is 26.6. The molecule has 2 aromatic heterocycles. The normalized spacial score (nSPS) is 10.7. The van der Waals surface area contributed by atoms with Crippen LogP contribution in [0.4, 0.5) is 23.0 Å². The predicted octanol–water partition coefficient (Wildman–Crippen LogP) is 5.78. The summed E-state index contributed by atoms with van der Waals surface area (Å²) in [5, 5.41) is 17.5. The van der Waals surface area contributed by atoms with Gasteiger partial charge in [0.05, 0.1) is 35.7 Å². The van der Waals surface area contributed by atoms with Crippen molar-refractivity contribution in [1.82, 2.24) is 0 Å². The number of azo groups is 2. The summed E-state index contributed by atoms with van der Waals surface area (Å²) in [5.41, 5.74) is 1.61. The van der Waals surface area contributed by atoms with Crippen LogP contribution in [0.25, 0.3) is 0 Å². The molecular formula is C25H22N6W2. The molecule has 0 aliphatic carbocycles. The van der Waals surface area contributed by atoms with E-state index in [2.05, 4.69) is 41.7 Å². The van der Waals surface area contributed by atoms with Crippen LogP contribution in [0.3, 0.4) is 0 Å². The first-order chi connectivity index (χ1) is 15.4. The Hall–Kier alpha value is -2.68. The van der Waals surface area contributed by atoms with Gasteiger partial charge in [-0.05, 0) is 12.1 Å². The van der Waals surface area contributed by atoms with Crippen LogP contribution in [-0.4, -0.2) is 0 Å². The molecule has 0 N–H and O–H groups in total. The van der Waals surface area contributed by atoms with Gasteiger partial charge in [-0.2, -0.15) is 36.4 Å². The van der Waals surface area contributed by atoms with E-state index in [1.165, 1.54) is 0 Å². The first-order valence-corrected chi connectivity index (χ1v) is 10.1. The summed E-state index contributed by atoms with van der Waals surface area (Å²) in [4.78, 5) is 0. The molecule has 164 valence electrons. The minimum atomic E-state index is 0. The van der Waals surface area contributed by atoms with Crippen LogP contribution in [0.1, 0.15) is 6.42 Å². The third-order valence-electron chi connectivity index (χ3n) is 4.57. The van der Waals surface area contributed by atoms with E-state index in [9.17, 15) is 0 Å². The van der Waals surface area contributed by atoms with Crippen LogP contribution >= 0.6 is 0 Å². The molecule has 2 aromatic carbocycles. The monoisotopic (exact) mass is 774 g/mol. The van der Waals surface area contributed by atoms with Crippen LogP contribution in [0.15, 0.2) is 118 Å². The van der Waals surface area contributed by atoms with Gasteiger partial charge in [0.15, 0.2) is 0 Å². The van der Waals surface area contributed by atoms with Gasteiger partial charge in [-0.3, -0.25) is 0 Å². The summed E-state index contributed by atoms with van der Waals surface area (Å²) in [6.45, 7) is 1.62. The van der Waals surface area contributed by atoms with Crippen molar-refractivity contribution in [2.75, 3.05) is 0 Å². The third kappa shape index (κ3) is 8.31. The second-order valence-electron chi connectivity index (χ2n) is 6.77. The van der Waals surface area contributed by atoms with Crippen molar-refractivity contribution in [2.24, 2.45) is 20.5 Å². The predicted molar refractivity (Wildman–Crippen MR) is 117 cm³/mol. The van der Waals surface area contributed by atoms with Crippen molar-refractivity contribution in [2.45, 2.75) is 19.5 Å². The standard InChI is InChI=1S/C25H22N6.2W/c1-3-12-22(13-4-1)26-28-24-16-7-9-18-30(24)20-11-21-31-19-10-8-17-25(31)29-27-23-14-5-2-6-15-23;;/h3-10,12-19H,11,20-21H2;;. The largest absolute Gasteiger partial charge is 0.350 e. The van der Waals surface area contributed by atoms with Gasteiger partial charge in [0.1, 0.15) is 0 Å². The zero-order chi connectivity index (χ0) is 21.1. The molecule has 8 heteroatoms. The average Bonchev–Trinajstić information content (AvgIpc) is 2.84. The fourth-order valence-electron chi connectivity index (χ4n) is 3.01. The van der Waals surface area contributed by atoms with Crippen molar-refractivity contribution in [3.05, 3.63) is 109 Å². The van der Waals surface area contributed by atoms with Crippen molar-refractivity contribution < 1.29 is 51.3 Å². The summed E-state index contributed by atoms with van der Waals surface area (Å²) in [7, 11) is 0. The summed E-state index contributed by atoms with van der Waals surface area (Å²) in [6.07, 6.45) is 4.96. The Morgan fingerprint density at radius 1 is 0.545 bits per heavy atom. The van der Waals surface area contributed by atoms with Gasteiger partial charge in [0.2, 0.25) is 0 Å². The Morgan fingerprint density at radius 2 is 0.970 bits per heavy atom. The SMILES string of the molecule is [W].[W].[c-]1ccc(N=Nc2cccc[n+]2CCC[n+]2ccccc2N=Nc2cc[c-]cc2)cc1. The minimum Gasteiger partial charge on any atom is -0.229 e. The molecule has 0 atom stereocenters. The van der Waals surface area contributed by atoms with E-state index in [-0.39, 0.29) is 42.1 Å². The van der Waals surface area contributed by atoms with Gasteiger partial charge < -0.3 is 0 Å². The van der Waals surface area contributed by atoms with Gasteiger partial charge in [-0.15, -0.1) is 24.3 Å². The Morgan fingerprint density at radius 3 is 1.39 bits per heavy atom. The van der Waals surface area contributed by atoms with E-state index in [0.717, 1.165) is 42.5 Å². The number of rotatable bonds is 8. The average molecular weight is 774 g/mol. The Kier molecular flexibility index (Phi) is 11.6. The molecule has 0 radical (unpaired) electrons. The molecule has 0 saturated carbocycles.